The Bertz CT molecular complexity index is 643. The van der Waals surface area contributed by atoms with E-state index in [0.29, 0.717) is 12.4 Å². The fourth-order valence-electron chi connectivity index (χ4n) is 2.23. The predicted molar refractivity (Wildman–Crippen MR) is 102 cm³/mol. The van der Waals surface area contributed by atoms with Crippen LogP contribution in [0, 0.1) is 0 Å². The molecule has 128 valence electrons. The summed E-state index contributed by atoms with van der Waals surface area (Å²) in [5.41, 5.74) is 2.23. The Labute approximate surface area is 152 Å². The van der Waals surface area contributed by atoms with Gasteiger partial charge in [0.15, 0.2) is 0 Å². The first-order valence-electron chi connectivity index (χ1n) is 7.92. The van der Waals surface area contributed by atoms with Crippen LogP contribution in [0.3, 0.4) is 0 Å². The number of hydrogen-bond acceptors (Lipinski definition) is 3. The number of ether oxygens (including phenoxy) is 1. The largest absolute Gasteiger partial charge is 0.494 e. The van der Waals surface area contributed by atoms with Crippen LogP contribution in [0.15, 0.2) is 48.5 Å². The molecule has 0 fully saturated rings. The summed E-state index contributed by atoms with van der Waals surface area (Å²) in [5, 5.41) is 3.75. The summed E-state index contributed by atoms with van der Waals surface area (Å²) in [6, 6.07) is 15.5. The van der Waals surface area contributed by atoms with Crippen molar-refractivity contribution < 1.29 is 9.53 Å². The van der Waals surface area contributed by atoms with Gasteiger partial charge in [0, 0.05) is 10.8 Å². The Kier molecular flexibility index (Phi) is 7.47. The molecule has 0 aromatic heterocycles. The minimum Gasteiger partial charge on any atom is -0.494 e. The zero-order chi connectivity index (χ0) is 17.4. The molecule has 0 aliphatic heterocycles. The van der Waals surface area contributed by atoms with Gasteiger partial charge in [-0.05, 0) is 49.2 Å². The maximum Gasteiger partial charge on any atom is 0.230 e. The van der Waals surface area contributed by atoms with Crippen molar-refractivity contribution in [3.63, 3.8) is 0 Å². The molecule has 0 spiro atoms. The molecule has 0 saturated heterocycles. The minimum absolute atomic E-state index is 0.0238. The summed E-state index contributed by atoms with van der Waals surface area (Å²) >= 11 is 7.45. The van der Waals surface area contributed by atoms with E-state index in [9.17, 15) is 4.79 Å². The van der Waals surface area contributed by atoms with E-state index in [1.165, 1.54) is 0 Å². The van der Waals surface area contributed by atoms with Crippen molar-refractivity contribution in [2.24, 2.45) is 0 Å². The molecular formula is C19H22ClNO2S. The summed E-state index contributed by atoms with van der Waals surface area (Å²) in [6.45, 7) is 4.59. The SMILES string of the molecule is CCOc1ccc([C@H](C)NC(=O)CSCc2ccc(Cl)cc2)cc1. The Hall–Kier alpha value is -1.65. The standard InChI is InChI=1S/C19H22ClNO2S/c1-3-23-18-10-6-16(7-11-18)14(2)21-19(22)13-24-12-15-4-8-17(20)9-5-15/h4-11,14H,3,12-13H2,1-2H3,(H,21,22)/t14-/m0/s1. The molecule has 0 unspecified atom stereocenters. The van der Waals surface area contributed by atoms with E-state index >= 15 is 0 Å². The molecule has 0 aliphatic rings. The van der Waals surface area contributed by atoms with E-state index < -0.39 is 0 Å². The number of hydrogen-bond donors (Lipinski definition) is 1. The first-order chi connectivity index (χ1) is 11.6. The van der Waals surface area contributed by atoms with Gasteiger partial charge >= 0.3 is 0 Å². The molecule has 1 atom stereocenters. The molecule has 0 heterocycles. The van der Waals surface area contributed by atoms with Gasteiger partial charge in [-0.2, -0.15) is 0 Å². The van der Waals surface area contributed by atoms with Gasteiger partial charge in [0.25, 0.3) is 0 Å². The van der Waals surface area contributed by atoms with Crippen LogP contribution in [-0.4, -0.2) is 18.3 Å². The maximum atomic E-state index is 12.1. The van der Waals surface area contributed by atoms with Crippen molar-refractivity contribution in [2.45, 2.75) is 25.6 Å². The molecule has 1 amide bonds. The number of benzene rings is 2. The van der Waals surface area contributed by atoms with Crippen LogP contribution in [-0.2, 0) is 10.5 Å². The first kappa shape index (κ1) is 18.7. The summed E-state index contributed by atoms with van der Waals surface area (Å²) in [5.74, 6) is 2.11. The quantitative estimate of drug-likeness (QED) is 0.728. The van der Waals surface area contributed by atoms with Crippen molar-refractivity contribution in [3.05, 3.63) is 64.7 Å². The van der Waals surface area contributed by atoms with Crippen molar-refractivity contribution in [1.82, 2.24) is 5.32 Å². The van der Waals surface area contributed by atoms with Gasteiger partial charge in [-0.25, -0.2) is 0 Å². The van der Waals surface area contributed by atoms with Crippen LogP contribution in [0.25, 0.3) is 0 Å². The molecule has 2 rings (SSSR count). The maximum absolute atomic E-state index is 12.1. The van der Waals surface area contributed by atoms with Crippen molar-refractivity contribution >= 4 is 29.3 Å². The van der Waals surface area contributed by atoms with Crippen LogP contribution in [0.5, 0.6) is 5.75 Å². The lowest BCUT2D eigenvalue weighted by molar-refractivity contribution is -0.119. The van der Waals surface area contributed by atoms with Gasteiger partial charge in [0.1, 0.15) is 5.75 Å². The van der Waals surface area contributed by atoms with Gasteiger partial charge in [0.05, 0.1) is 18.4 Å². The fraction of sp³-hybridized carbons (Fsp3) is 0.316. The lowest BCUT2D eigenvalue weighted by atomic mass is 10.1. The summed E-state index contributed by atoms with van der Waals surface area (Å²) in [4.78, 5) is 12.1. The highest BCUT2D eigenvalue weighted by Crippen LogP contribution is 2.19. The molecule has 0 bridgehead atoms. The zero-order valence-corrected chi connectivity index (χ0v) is 15.5. The molecule has 2 aromatic carbocycles. The zero-order valence-electron chi connectivity index (χ0n) is 13.9. The van der Waals surface area contributed by atoms with E-state index in [2.05, 4.69) is 5.32 Å². The van der Waals surface area contributed by atoms with Crippen molar-refractivity contribution in [1.29, 1.82) is 0 Å². The first-order valence-corrected chi connectivity index (χ1v) is 9.46. The highest BCUT2D eigenvalue weighted by atomic mass is 35.5. The second-order valence-electron chi connectivity index (χ2n) is 5.41. The second kappa shape index (κ2) is 9.60. The molecule has 3 nitrogen and oxygen atoms in total. The van der Waals surface area contributed by atoms with Crippen LogP contribution in [0.2, 0.25) is 5.02 Å². The molecular weight excluding hydrogens is 342 g/mol. The third-order valence-electron chi connectivity index (χ3n) is 3.48. The molecule has 1 N–H and O–H groups in total. The number of carbonyl (C=O) groups is 1. The third kappa shape index (κ3) is 6.10. The number of rotatable bonds is 8. The highest BCUT2D eigenvalue weighted by molar-refractivity contribution is 7.99. The highest BCUT2D eigenvalue weighted by Gasteiger charge is 2.10. The molecule has 0 saturated carbocycles. The number of thioether (sulfide) groups is 1. The Morgan fingerprint density at radius 1 is 1.17 bits per heavy atom. The van der Waals surface area contributed by atoms with E-state index in [-0.39, 0.29) is 11.9 Å². The van der Waals surface area contributed by atoms with E-state index in [0.717, 1.165) is 27.7 Å². The Morgan fingerprint density at radius 3 is 2.46 bits per heavy atom. The predicted octanol–water partition coefficient (Wildman–Crippen LogP) is 4.85. The average Bonchev–Trinajstić information content (AvgIpc) is 2.57. The third-order valence-corrected chi connectivity index (χ3v) is 4.74. The van der Waals surface area contributed by atoms with Gasteiger partial charge in [-0.1, -0.05) is 35.9 Å². The minimum atomic E-state index is -0.0238. The van der Waals surface area contributed by atoms with Gasteiger partial charge in [-0.15, -0.1) is 11.8 Å². The topological polar surface area (TPSA) is 38.3 Å². The fourth-order valence-corrected chi connectivity index (χ4v) is 3.15. The summed E-state index contributed by atoms with van der Waals surface area (Å²) in [7, 11) is 0. The van der Waals surface area contributed by atoms with E-state index in [1.54, 1.807) is 11.8 Å². The van der Waals surface area contributed by atoms with Crippen LogP contribution >= 0.6 is 23.4 Å². The molecule has 2 aromatic rings. The Morgan fingerprint density at radius 2 is 1.83 bits per heavy atom. The lowest BCUT2D eigenvalue weighted by Crippen LogP contribution is -2.28. The number of halogens is 1. The lowest BCUT2D eigenvalue weighted by Gasteiger charge is -2.15. The number of nitrogens with one attached hydrogen (secondary N) is 1. The van der Waals surface area contributed by atoms with Crippen LogP contribution < -0.4 is 10.1 Å². The van der Waals surface area contributed by atoms with Crippen molar-refractivity contribution in [3.8, 4) is 5.75 Å². The van der Waals surface area contributed by atoms with Gasteiger partial charge in [0.2, 0.25) is 5.91 Å². The van der Waals surface area contributed by atoms with Crippen LogP contribution in [0.1, 0.15) is 31.0 Å². The van der Waals surface area contributed by atoms with E-state index in [1.807, 2.05) is 62.4 Å². The van der Waals surface area contributed by atoms with Crippen LogP contribution in [0.4, 0.5) is 0 Å². The number of amides is 1. The van der Waals surface area contributed by atoms with Gasteiger partial charge < -0.3 is 10.1 Å². The molecule has 5 heteroatoms. The molecule has 24 heavy (non-hydrogen) atoms. The average molecular weight is 364 g/mol. The molecule has 0 radical (unpaired) electrons. The smallest absolute Gasteiger partial charge is 0.230 e. The number of carbonyl (C=O) groups excluding carboxylic acids is 1. The van der Waals surface area contributed by atoms with E-state index in [4.69, 9.17) is 16.3 Å². The Balaban J connectivity index is 1.75. The summed E-state index contributed by atoms with van der Waals surface area (Å²) < 4.78 is 5.43. The summed E-state index contributed by atoms with van der Waals surface area (Å²) in [6.07, 6.45) is 0. The monoisotopic (exact) mass is 363 g/mol. The van der Waals surface area contributed by atoms with Crippen molar-refractivity contribution in [2.75, 3.05) is 12.4 Å². The normalized spacial score (nSPS) is 11.8. The van der Waals surface area contributed by atoms with Gasteiger partial charge in [-0.3, -0.25) is 4.79 Å². The second-order valence-corrected chi connectivity index (χ2v) is 6.83. The molecule has 0 aliphatic carbocycles.